The number of hydrogen-bond acceptors (Lipinski definition) is 3. The zero-order valence-corrected chi connectivity index (χ0v) is 12.1. The molecule has 0 aliphatic heterocycles. The molecular formula is C12H18ClN3S. The van der Waals surface area contributed by atoms with Crippen molar-refractivity contribution in [1.29, 1.82) is 0 Å². The topological polar surface area (TPSA) is 20.5 Å². The Morgan fingerprint density at radius 2 is 2.35 bits per heavy atom. The van der Waals surface area contributed by atoms with E-state index in [9.17, 15) is 0 Å². The first-order chi connectivity index (χ1) is 8.19. The van der Waals surface area contributed by atoms with Gasteiger partial charge in [0.1, 0.15) is 0 Å². The minimum Gasteiger partial charge on any atom is -0.355 e. The maximum absolute atomic E-state index is 6.05. The maximum atomic E-state index is 6.05. The minimum absolute atomic E-state index is 0.492. The molecule has 5 heteroatoms. The highest BCUT2D eigenvalue weighted by Crippen LogP contribution is 2.27. The van der Waals surface area contributed by atoms with E-state index in [1.807, 2.05) is 11.6 Å². The average Bonchev–Trinajstić information content (AvgIpc) is 2.87. The molecule has 94 valence electrons. The number of anilines is 1. The molecule has 0 aromatic carbocycles. The van der Waals surface area contributed by atoms with E-state index in [1.165, 1.54) is 12.8 Å². The summed E-state index contributed by atoms with van der Waals surface area (Å²) in [4.78, 5) is 7.93. The van der Waals surface area contributed by atoms with Gasteiger partial charge in [0.2, 0.25) is 0 Å². The van der Waals surface area contributed by atoms with Crippen LogP contribution in [0, 0.1) is 0 Å². The second kappa shape index (κ2) is 5.27. The highest BCUT2D eigenvalue weighted by molar-refractivity contribution is 7.15. The van der Waals surface area contributed by atoms with Gasteiger partial charge < -0.3 is 4.90 Å². The number of halogens is 1. The summed E-state index contributed by atoms with van der Waals surface area (Å²) in [5, 5.41) is 2.04. The lowest BCUT2D eigenvalue weighted by Gasteiger charge is -2.25. The Labute approximate surface area is 111 Å². The summed E-state index contributed by atoms with van der Waals surface area (Å²) < 4.78 is 2.09. The molecule has 0 saturated carbocycles. The third-order valence-electron chi connectivity index (χ3n) is 3.17. The van der Waals surface area contributed by atoms with Crippen LogP contribution in [0.15, 0.2) is 11.6 Å². The Bertz CT molecular complexity index is 491. The lowest BCUT2D eigenvalue weighted by Crippen LogP contribution is -2.29. The van der Waals surface area contributed by atoms with Gasteiger partial charge in [0, 0.05) is 24.7 Å². The molecule has 0 spiro atoms. The molecular weight excluding hydrogens is 254 g/mol. The van der Waals surface area contributed by atoms with Gasteiger partial charge in [-0.1, -0.05) is 13.3 Å². The Kier molecular flexibility index (Phi) is 3.94. The molecule has 17 heavy (non-hydrogen) atoms. The van der Waals surface area contributed by atoms with Gasteiger partial charge in [0.25, 0.3) is 0 Å². The summed E-state index contributed by atoms with van der Waals surface area (Å²) in [7, 11) is 2.10. The van der Waals surface area contributed by atoms with Gasteiger partial charge >= 0.3 is 0 Å². The van der Waals surface area contributed by atoms with Gasteiger partial charge in [0.05, 0.1) is 11.6 Å². The molecule has 0 bridgehead atoms. The van der Waals surface area contributed by atoms with Gasteiger partial charge in [-0.15, -0.1) is 22.9 Å². The summed E-state index contributed by atoms with van der Waals surface area (Å²) in [6.07, 6.45) is 4.39. The number of rotatable bonds is 5. The van der Waals surface area contributed by atoms with E-state index in [0.29, 0.717) is 11.9 Å². The summed E-state index contributed by atoms with van der Waals surface area (Å²) in [5.74, 6) is 1.52. The van der Waals surface area contributed by atoms with Crippen LogP contribution in [0.3, 0.4) is 0 Å². The number of thiazole rings is 1. The average molecular weight is 272 g/mol. The molecule has 0 amide bonds. The largest absolute Gasteiger partial charge is 0.355 e. The van der Waals surface area contributed by atoms with Crippen LogP contribution in [0.5, 0.6) is 0 Å². The number of fused-ring (bicyclic) bond motifs is 1. The lowest BCUT2D eigenvalue weighted by molar-refractivity contribution is 0.611. The summed E-state index contributed by atoms with van der Waals surface area (Å²) in [6.45, 7) is 4.44. The highest BCUT2D eigenvalue weighted by atomic mass is 35.5. The van der Waals surface area contributed by atoms with Crippen molar-refractivity contribution in [3.63, 3.8) is 0 Å². The standard InChI is InChI=1S/C12H18ClN3S/c1-4-5-9(2)15(3)11-10(8-13)16-6-7-17-12(16)14-11/h6-7,9H,4-5,8H2,1-3H3. The van der Waals surface area contributed by atoms with E-state index >= 15 is 0 Å². The molecule has 0 aliphatic rings. The van der Waals surface area contributed by atoms with Crippen LogP contribution in [0.1, 0.15) is 32.4 Å². The first-order valence-corrected chi connectivity index (χ1v) is 7.33. The van der Waals surface area contributed by atoms with Crippen molar-refractivity contribution in [3.05, 3.63) is 17.3 Å². The number of nitrogens with zero attached hydrogens (tertiary/aromatic N) is 3. The van der Waals surface area contributed by atoms with Gasteiger partial charge in [0.15, 0.2) is 10.8 Å². The van der Waals surface area contributed by atoms with E-state index < -0.39 is 0 Å². The number of aromatic nitrogens is 2. The quantitative estimate of drug-likeness (QED) is 0.772. The zero-order valence-electron chi connectivity index (χ0n) is 10.5. The SMILES string of the molecule is CCCC(C)N(C)c1nc2sccn2c1CCl. The minimum atomic E-state index is 0.492. The van der Waals surface area contributed by atoms with E-state index in [4.69, 9.17) is 11.6 Å². The predicted octanol–water partition coefficient (Wildman–Crippen LogP) is 3.76. The number of imidazole rings is 1. The van der Waals surface area contributed by atoms with Gasteiger partial charge in [-0.2, -0.15) is 0 Å². The zero-order chi connectivity index (χ0) is 12.4. The smallest absolute Gasteiger partial charge is 0.195 e. The molecule has 0 radical (unpaired) electrons. The second-order valence-electron chi connectivity index (χ2n) is 4.32. The van der Waals surface area contributed by atoms with Crippen LogP contribution in [0.2, 0.25) is 0 Å². The summed E-state index contributed by atoms with van der Waals surface area (Å²) in [6, 6.07) is 0.492. The fraction of sp³-hybridized carbons (Fsp3) is 0.583. The van der Waals surface area contributed by atoms with Crippen LogP contribution < -0.4 is 4.90 Å². The van der Waals surface area contributed by atoms with Crippen molar-refractivity contribution in [3.8, 4) is 0 Å². The van der Waals surface area contributed by atoms with E-state index in [-0.39, 0.29) is 0 Å². The maximum Gasteiger partial charge on any atom is 0.195 e. The Hall–Kier alpha value is -0.740. The summed E-state index contributed by atoms with van der Waals surface area (Å²) in [5.41, 5.74) is 1.09. The van der Waals surface area contributed by atoms with E-state index in [1.54, 1.807) is 11.3 Å². The molecule has 0 fully saturated rings. The Balaban J connectivity index is 2.36. The molecule has 2 heterocycles. The van der Waals surface area contributed by atoms with E-state index in [0.717, 1.165) is 16.5 Å². The number of alkyl halides is 1. The van der Waals surface area contributed by atoms with E-state index in [2.05, 4.69) is 35.2 Å². The third kappa shape index (κ3) is 2.29. The molecule has 0 N–H and O–H groups in total. The fourth-order valence-electron chi connectivity index (χ4n) is 2.05. The molecule has 0 aliphatic carbocycles. The molecule has 1 atom stereocenters. The van der Waals surface area contributed by atoms with Crippen LogP contribution in [-0.4, -0.2) is 22.5 Å². The van der Waals surface area contributed by atoms with Gasteiger partial charge in [-0.05, 0) is 13.3 Å². The van der Waals surface area contributed by atoms with Crippen molar-refractivity contribution in [1.82, 2.24) is 9.38 Å². The van der Waals surface area contributed by atoms with Crippen LogP contribution in [0.4, 0.5) is 5.82 Å². The lowest BCUT2D eigenvalue weighted by atomic mass is 10.2. The number of hydrogen-bond donors (Lipinski definition) is 0. The predicted molar refractivity (Wildman–Crippen MR) is 75.4 cm³/mol. The van der Waals surface area contributed by atoms with Crippen LogP contribution in [0.25, 0.3) is 4.96 Å². The Morgan fingerprint density at radius 1 is 1.59 bits per heavy atom. The van der Waals surface area contributed by atoms with Crippen LogP contribution >= 0.6 is 22.9 Å². The molecule has 2 rings (SSSR count). The molecule has 2 aromatic rings. The van der Waals surface area contributed by atoms with Crippen molar-refractivity contribution >= 4 is 33.7 Å². The van der Waals surface area contributed by atoms with Crippen molar-refractivity contribution in [2.24, 2.45) is 0 Å². The molecule has 1 unspecified atom stereocenters. The Morgan fingerprint density at radius 3 is 3.00 bits per heavy atom. The normalized spacial score (nSPS) is 13.2. The first-order valence-electron chi connectivity index (χ1n) is 5.92. The van der Waals surface area contributed by atoms with Crippen molar-refractivity contribution < 1.29 is 0 Å². The molecule has 2 aromatic heterocycles. The summed E-state index contributed by atoms with van der Waals surface area (Å²) >= 11 is 7.70. The van der Waals surface area contributed by atoms with Crippen molar-refractivity contribution in [2.45, 2.75) is 38.6 Å². The fourth-order valence-corrected chi connectivity index (χ4v) is 3.02. The molecule has 3 nitrogen and oxygen atoms in total. The van der Waals surface area contributed by atoms with Gasteiger partial charge in [-0.25, -0.2) is 4.98 Å². The van der Waals surface area contributed by atoms with Gasteiger partial charge in [-0.3, -0.25) is 4.40 Å². The second-order valence-corrected chi connectivity index (χ2v) is 5.46. The molecule has 0 saturated heterocycles. The third-order valence-corrected chi connectivity index (χ3v) is 4.18. The van der Waals surface area contributed by atoms with Crippen LogP contribution in [-0.2, 0) is 5.88 Å². The monoisotopic (exact) mass is 271 g/mol. The first kappa shape index (κ1) is 12.7. The highest BCUT2D eigenvalue weighted by Gasteiger charge is 2.18. The van der Waals surface area contributed by atoms with Crippen molar-refractivity contribution in [2.75, 3.05) is 11.9 Å².